The zero-order valence-corrected chi connectivity index (χ0v) is 11.4. The molecule has 0 amide bonds. The average Bonchev–Trinajstić information content (AvgIpc) is 2.44. The maximum atomic E-state index is 13.4. The Morgan fingerprint density at radius 3 is 2.25 bits per heavy atom. The molecule has 2 aromatic rings. The molecule has 1 nitrogen and oxygen atoms in total. The third-order valence-electron chi connectivity index (χ3n) is 3.23. The zero-order valence-electron chi connectivity index (χ0n) is 11.4. The van der Waals surface area contributed by atoms with Crippen LogP contribution in [-0.4, -0.2) is 6.54 Å². The molecule has 0 aromatic heterocycles. The van der Waals surface area contributed by atoms with E-state index < -0.39 is 17.5 Å². The number of benzene rings is 2. The molecule has 106 valence electrons. The van der Waals surface area contributed by atoms with Gasteiger partial charge in [-0.1, -0.05) is 31.2 Å². The van der Waals surface area contributed by atoms with Gasteiger partial charge in [0, 0.05) is 6.04 Å². The summed E-state index contributed by atoms with van der Waals surface area (Å²) < 4.78 is 39.8. The van der Waals surface area contributed by atoms with Gasteiger partial charge in [-0.15, -0.1) is 0 Å². The van der Waals surface area contributed by atoms with E-state index >= 15 is 0 Å². The lowest BCUT2D eigenvalue weighted by Crippen LogP contribution is -2.18. The van der Waals surface area contributed by atoms with Gasteiger partial charge in [-0.05, 0) is 42.3 Å². The van der Waals surface area contributed by atoms with E-state index in [1.165, 1.54) is 0 Å². The molecule has 0 radical (unpaired) electrons. The smallest absolute Gasteiger partial charge is 0.194 e. The topological polar surface area (TPSA) is 12.0 Å². The van der Waals surface area contributed by atoms with Crippen LogP contribution in [0.5, 0.6) is 0 Å². The van der Waals surface area contributed by atoms with Crippen LogP contribution in [0.25, 0.3) is 11.1 Å². The molecule has 2 aromatic carbocycles. The van der Waals surface area contributed by atoms with E-state index in [4.69, 9.17) is 0 Å². The van der Waals surface area contributed by atoms with Crippen LogP contribution in [0.3, 0.4) is 0 Å². The molecule has 0 heterocycles. The highest BCUT2D eigenvalue weighted by atomic mass is 19.2. The summed E-state index contributed by atoms with van der Waals surface area (Å²) in [5.41, 5.74) is 1.94. The Morgan fingerprint density at radius 2 is 1.65 bits per heavy atom. The molecule has 0 bridgehead atoms. The van der Waals surface area contributed by atoms with Gasteiger partial charge in [0.2, 0.25) is 0 Å². The Morgan fingerprint density at radius 1 is 1.05 bits per heavy atom. The fourth-order valence-electron chi connectivity index (χ4n) is 2.26. The third kappa shape index (κ3) is 2.85. The van der Waals surface area contributed by atoms with Gasteiger partial charge in [-0.25, -0.2) is 13.2 Å². The van der Waals surface area contributed by atoms with Crippen molar-refractivity contribution in [3.8, 4) is 11.1 Å². The van der Waals surface area contributed by atoms with E-state index in [9.17, 15) is 13.2 Å². The van der Waals surface area contributed by atoms with Crippen molar-refractivity contribution < 1.29 is 13.2 Å². The fourth-order valence-corrected chi connectivity index (χ4v) is 2.26. The van der Waals surface area contributed by atoms with Gasteiger partial charge in [-0.2, -0.15) is 0 Å². The highest BCUT2D eigenvalue weighted by molar-refractivity contribution is 5.68. The molecule has 1 N–H and O–H groups in total. The molecule has 0 saturated carbocycles. The molecular formula is C16H16F3N. The number of rotatable bonds is 4. The predicted molar refractivity (Wildman–Crippen MR) is 73.8 cm³/mol. The van der Waals surface area contributed by atoms with Crippen molar-refractivity contribution in [2.45, 2.75) is 19.9 Å². The third-order valence-corrected chi connectivity index (χ3v) is 3.23. The number of hydrogen-bond donors (Lipinski definition) is 1. The number of nitrogens with one attached hydrogen (secondary N) is 1. The first-order chi connectivity index (χ1) is 9.54. The van der Waals surface area contributed by atoms with Gasteiger partial charge in [-0.3, -0.25) is 0 Å². The summed E-state index contributed by atoms with van der Waals surface area (Å²) in [4.78, 5) is 0. The average molecular weight is 279 g/mol. The molecule has 0 fully saturated rings. The van der Waals surface area contributed by atoms with Gasteiger partial charge in [0.05, 0.1) is 0 Å². The SMILES string of the molecule is CCNC(C)c1ccccc1-c1cc(F)c(F)c(F)c1. The lowest BCUT2D eigenvalue weighted by molar-refractivity contribution is 0.447. The summed E-state index contributed by atoms with van der Waals surface area (Å²) in [7, 11) is 0. The molecule has 1 atom stereocenters. The summed E-state index contributed by atoms with van der Waals surface area (Å²) in [5.74, 6) is -3.79. The maximum absolute atomic E-state index is 13.4. The van der Waals surface area contributed by atoms with Crippen molar-refractivity contribution >= 4 is 0 Å². The van der Waals surface area contributed by atoms with Gasteiger partial charge in [0.15, 0.2) is 17.5 Å². The molecule has 2 rings (SSSR count). The van der Waals surface area contributed by atoms with Crippen LogP contribution in [0.4, 0.5) is 13.2 Å². The molecule has 0 aliphatic heterocycles. The minimum Gasteiger partial charge on any atom is -0.310 e. The summed E-state index contributed by atoms with van der Waals surface area (Å²) in [5, 5.41) is 3.25. The fraction of sp³-hybridized carbons (Fsp3) is 0.250. The minimum atomic E-state index is -1.44. The Hall–Kier alpha value is -1.81. The summed E-state index contributed by atoms with van der Waals surface area (Å²) in [6, 6.07) is 9.40. The van der Waals surface area contributed by atoms with E-state index in [1.54, 1.807) is 12.1 Å². The first-order valence-corrected chi connectivity index (χ1v) is 6.51. The van der Waals surface area contributed by atoms with Crippen LogP contribution in [0.2, 0.25) is 0 Å². The quantitative estimate of drug-likeness (QED) is 0.816. The molecular weight excluding hydrogens is 263 g/mol. The largest absolute Gasteiger partial charge is 0.310 e. The van der Waals surface area contributed by atoms with Crippen LogP contribution in [0.15, 0.2) is 36.4 Å². The summed E-state index contributed by atoms with van der Waals surface area (Å²) in [6.07, 6.45) is 0. The lowest BCUT2D eigenvalue weighted by Gasteiger charge is -2.17. The molecule has 0 saturated heterocycles. The Labute approximate surface area is 116 Å². The molecule has 0 aliphatic rings. The molecule has 1 unspecified atom stereocenters. The lowest BCUT2D eigenvalue weighted by atomic mass is 9.95. The van der Waals surface area contributed by atoms with E-state index in [0.29, 0.717) is 11.1 Å². The maximum Gasteiger partial charge on any atom is 0.194 e. The first kappa shape index (κ1) is 14.6. The van der Waals surface area contributed by atoms with E-state index in [2.05, 4.69) is 5.32 Å². The molecule has 0 aliphatic carbocycles. The molecule has 0 spiro atoms. The second-order valence-corrected chi connectivity index (χ2v) is 4.62. The van der Waals surface area contributed by atoms with Crippen LogP contribution in [-0.2, 0) is 0 Å². The van der Waals surface area contributed by atoms with Crippen LogP contribution < -0.4 is 5.32 Å². The molecule has 20 heavy (non-hydrogen) atoms. The van der Waals surface area contributed by atoms with Gasteiger partial charge >= 0.3 is 0 Å². The summed E-state index contributed by atoms with van der Waals surface area (Å²) >= 11 is 0. The number of halogens is 3. The monoisotopic (exact) mass is 279 g/mol. The highest BCUT2D eigenvalue weighted by Gasteiger charge is 2.15. The van der Waals surface area contributed by atoms with Crippen molar-refractivity contribution in [1.29, 1.82) is 0 Å². The minimum absolute atomic E-state index is 0.0346. The van der Waals surface area contributed by atoms with Gasteiger partial charge in [0.25, 0.3) is 0 Å². The van der Waals surface area contributed by atoms with Crippen molar-refractivity contribution in [3.05, 3.63) is 59.4 Å². The van der Waals surface area contributed by atoms with Crippen LogP contribution in [0.1, 0.15) is 25.5 Å². The van der Waals surface area contributed by atoms with Gasteiger partial charge in [0.1, 0.15) is 0 Å². The van der Waals surface area contributed by atoms with E-state index in [0.717, 1.165) is 24.2 Å². The Balaban J connectivity index is 2.53. The van der Waals surface area contributed by atoms with Gasteiger partial charge < -0.3 is 5.32 Å². The van der Waals surface area contributed by atoms with E-state index in [1.807, 2.05) is 26.0 Å². The standard InChI is InChI=1S/C16H16F3N/c1-3-20-10(2)12-6-4-5-7-13(12)11-8-14(17)16(19)15(18)9-11/h4-10,20H,3H2,1-2H3. The second kappa shape index (κ2) is 6.09. The van der Waals surface area contributed by atoms with Crippen molar-refractivity contribution in [1.82, 2.24) is 5.32 Å². The predicted octanol–water partition coefficient (Wildman–Crippen LogP) is 4.44. The summed E-state index contributed by atoms with van der Waals surface area (Å²) in [6.45, 7) is 4.73. The van der Waals surface area contributed by atoms with Crippen molar-refractivity contribution in [3.63, 3.8) is 0 Å². The second-order valence-electron chi connectivity index (χ2n) is 4.62. The zero-order chi connectivity index (χ0) is 14.7. The highest BCUT2D eigenvalue weighted by Crippen LogP contribution is 2.30. The normalized spacial score (nSPS) is 12.4. The number of hydrogen-bond acceptors (Lipinski definition) is 1. The van der Waals surface area contributed by atoms with Crippen LogP contribution >= 0.6 is 0 Å². The van der Waals surface area contributed by atoms with Crippen molar-refractivity contribution in [2.75, 3.05) is 6.54 Å². The Kier molecular flexibility index (Phi) is 4.45. The van der Waals surface area contributed by atoms with E-state index in [-0.39, 0.29) is 6.04 Å². The van der Waals surface area contributed by atoms with Crippen molar-refractivity contribution in [2.24, 2.45) is 0 Å². The van der Waals surface area contributed by atoms with Crippen LogP contribution in [0, 0.1) is 17.5 Å². The molecule has 4 heteroatoms. The Bertz CT molecular complexity index is 587. The first-order valence-electron chi connectivity index (χ1n) is 6.51.